The lowest BCUT2D eigenvalue weighted by Crippen LogP contribution is -2.18. The minimum Gasteiger partial charge on any atom is -0.366 e. The third-order valence-electron chi connectivity index (χ3n) is 3.64. The first-order valence-electron chi connectivity index (χ1n) is 8.38. The van der Waals surface area contributed by atoms with Crippen molar-refractivity contribution in [2.45, 2.75) is 26.1 Å². The first kappa shape index (κ1) is 20.0. The molecule has 0 radical (unpaired) electrons. The first-order chi connectivity index (χ1) is 12.2. The molecule has 142 valence electrons. The second-order valence-corrected chi connectivity index (χ2v) is 6.39. The van der Waals surface area contributed by atoms with Crippen LogP contribution >= 0.6 is 0 Å². The molecule has 0 atom stereocenters. The Kier molecular flexibility index (Phi) is 6.79. The molecule has 0 unspecified atom stereocenters. The van der Waals surface area contributed by atoms with Crippen LogP contribution in [-0.2, 0) is 12.7 Å². The highest BCUT2D eigenvalue weighted by molar-refractivity contribution is 5.44. The largest absolute Gasteiger partial charge is 0.433 e. The van der Waals surface area contributed by atoms with Crippen molar-refractivity contribution in [2.75, 3.05) is 37.8 Å². The second kappa shape index (κ2) is 8.84. The summed E-state index contributed by atoms with van der Waals surface area (Å²) >= 11 is 0. The predicted molar refractivity (Wildman–Crippen MR) is 97.2 cm³/mol. The van der Waals surface area contributed by atoms with Gasteiger partial charge in [0.2, 0.25) is 5.95 Å². The molecule has 1 aromatic heterocycles. The van der Waals surface area contributed by atoms with E-state index in [2.05, 4.69) is 20.6 Å². The fourth-order valence-electron chi connectivity index (χ4n) is 2.37. The van der Waals surface area contributed by atoms with Crippen molar-refractivity contribution in [1.82, 2.24) is 14.9 Å². The number of anilines is 2. The Morgan fingerprint density at radius 1 is 1.08 bits per heavy atom. The number of hydrogen-bond donors (Lipinski definition) is 2. The number of nitrogens with one attached hydrogen (secondary N) is 2. The van der Waals surface area contributed by atoms with Gasteiger partial charge >= 0.3 is 6.18 Å². The zero-order valence-electron chi connectivity index (χ0n) is 15.2. The third kappa shape index (κ3) is 6.51. The summed E-state index contributed by atoms with van der Waals surface area (Å²) in [6, 6.07) is 8.68. The summed E-state index contributed by atoms with van der Waals surface area (Å²) in [7, 11) is 3.88. The average molecular weight is 367 g/mol. The van der Waals surface area contributed by atoms with Crippen LogP contribution in [0.1, 0.15) is 23.2 Å². The van der Waals surface area contributed by atoms with E-state index in [0.29, 0.717) is 13.1 Å². The molecule has 0 aliphatic carbocycles. The topological polar surface area (TPSA) is 53.1 Å². The summed E-state index contributed by atoms with van der Waals surface area (Å²) in [4.78, 5) is 9.75. The molecule has 8 heteroatoms. The van der Waals surface area contributed by atoms with Gasteiger partial charge in [-0.1, -0.05) is 29.8 Å². The lowest BCUT2D eigenvalue weighted by atomic mass is 10.1. The average Bonchev–Trinajstić information content (AvgIpc) is 2.56. The van der Waals surface area contributed by atoms with Crippen molar-refractivity contribution in [2.24, 2.45) is 0 Å². The van der Waals surface area contributed by atoms with Gasteiger partial charge in [-0.05, 0) is 39.5 Å². The van der Waals surface area contributed by atoms with E-state index >= 15 is 0 Å². The van der Waals surface area contributed by atoms with Crippen molar-refractivity contribution in [1.29, 1.82) is 0 Å². The van der Waals surface area contributed by atoms with E-state index in [4.69, 9.17) is 0 Å². The SMILES string of the molecule is Cc1cccc(CNc2cc(C(F)(F)F)nc(NCCCN(C)C)n2)c1. The van der Waals surface area contributed by atoms with Crippen LogP contribution in [0.2, 0.25) is 0 Å². The van der Waals surface area contributed by atoms with E-state index in [0.717, 1.165) is 30.2 Å². The van der Waals surface area contributed by atoms with Gasteiger partial charge in [0.15, 0.2) is 5.69 Å². The quantitative estimate of drug-likeness (QED) is 0.696. The van der Waals surface area contributed by atoms with Crippen LogP contribution in [0.4, 0.5) is 24.9 Å². The molecule has 0 saturated carbocycles. The fraction of sp³-hybridized carbons (Fsp3) is 0.444. The molecular weight excluding hydrogens is 343 g/mol. The predicted octanol–water partition coefficient (Wildman–Crippen LogP) is 3.78. The third-order valence-corrected chi connectivity index (χ3v) is 3.64. The van der Waals surface area contributed by atoms with Crippen molar-refractivity contribution in [3.8, 4) is 0 Å². The van der Waals surface area contributed by atoms with Gasteiger partial charge in [-0.15, -0.1) is 0 Å². The molecule has 5 nitrogen and oxygen atoms in total. The van der Waals surface area contributed by atoms with Crippen molar-refractivity contribution >= 4 is 11.8 Å². The number of nitrogens with zero attached hydrogens (tertiary/aromatic N) is 3. The Hall–Kier alpha value is -2.35. The van der Waals surface area contributed by atoms with Gasteiger partial charge in [0, 0.05) is 19.2 Å². The van der Waals surface area contributed by atoms with Crippen LogP contribution < -0.4 is 10.6 Å². The van der Waals surface area contributed by atoms with Crippen LogP contribution in [-0.4, -0.2) is 42.1 Å². The number of hydrogen-bond acceptors (Lipinski definition) is 5. The Labute approximate surface area is 151 Å². The maximum Gasteiger partial charge on any atom is 0.433 e. The fourth-order valence-corrected chi connectivity index (χ4v) is 2.37. The number of benzene rings is 1. The lowest BCUT2D eigenvalue weighted by molar-refractivity contribution is -0.141. The van der Waals surface area contributed by atoms with Crippen LogP contribution in [0.5, 0.6) is 0 Å². The number of aromatic nitrogens is 2. The zero-order chi connectivity index (χ0) is 19.2. The zero-order valence-corrected chi connectivity index (χ0v) is 15.2. The molecule has 26 heavy (non-hydrogen) atoms. The summed E-state index contributed by atoms with van der Waals surface area (Å²) < 4.78 is 39.3. The van der Waals surface area contributed by atoms with Crippen LogP contribution in [0.25, 0.3) is 0 Å². The molecule has 0 bridgehead atoms. The van der Waals surface area contributed by atoms with E-state index in [9.17, 15) is 13.2 Å². The van der Waals surface area contributed by atoms with Crippen LogP contribution in [0.3, 0.4) is 0 Å². The molecule has 0 spiro atoms. The van der Waals surface area contributed by atoms with Crippen molar-refractivity contribution in [3.05, 3.63) is 47.2 Å². The van der Waals surface area contributed by atoms with E-state index in [1.165, 1.54) is 0 Å². The second-order valence-electron chi connectivity index (χ2n) is 6.39. The van der Waals surface area contributed by atoms with Crippen LogP contribution in [0, 0.1) is 6.92 Å². The molecule has 0 amide bonds. The van der Waals surface area contributed by atoms with Gasteiger partial charge in [0.05, 0.1) is 0 Å². The maximum atomic E-state index is 13.1. The van der Waals surface area contributed by atoms with Crippen molar-refractivity contribution < 1.29 is 13.2 Å². The summed E-state index contributed by atoms with van der Waals surface area (Å²) in [5.41, 5.74) is 1.10. The molecule has 2 N–H and O–H groups in total. The lowest BCUT2D eigenvalue weighted by Gasteiger charge is -2.14. The Morgan fingerprint density at radius 2 is 1.85 bits per heavy atom. The molecule has 2 rings (SSSR count). The molecule has 0 saturated heterocycles. The summed E-state index contributed by atoms with van der Waals surface area (Å²) in [5, 5.41) is 5.82. The smallest absolute Gasteiger partial charge is 0.366 e. The van der Waals surface area contributed by atoms with Gasteiger partial charge in [0.1, 0.15) is 5.82 Å². The molecule has 1 heterocycles. The van der Waals surface area contributed by atoms with Gasteiger partial charge < -0.3 is 15.5 Å². The Balaban J connectivity index is 2.09. The monoisotopic (exact) mass is 367 g/mol. The number of rotatable bonds is 8. The highest BCUT2D eigenvalue weighted by atomic mass is 19.4. The summed E-state index contributed by atoms with van der Waals surface area (Å²) in [6.07, 6.45) is -3.75. The minimum absolute atomic E-state index is 0.0228. The highest BCUT2D eigenvalue weighted by Crippen LogP contribution is 2.29. The summed E-state index contributed by atoms with van der Waals surface area (Å²) in [6.45, 7) is 3.67. The number of aryl methyl sites for hydroxylation is 1. The van der Waals surface area contributed by atoms with Gasteiger partial charge in [-0.25, -0.2) is 4.98 Å². The van der Waals surface area contributed by atoms with Gasteiger partial charge in [-0.3, -0.25) is 0 Å². The van der Waals surface area contributed by atoms with Gasteiger partial charge in [0.25, 0.3) is 0 Å². The maximum absolute atomic E-state index is 13.1. The summed E-state index contributed by atoms with van der Waals surface area (Å²) in [5.74, 6) is 0.120. The molecule has 1 aromatic carbocycles. The number of alkyl halides is 3. The molecule has 0 aliphatic heterocycles. The van der Waals surface area contributed by atoms with Gasteiger partial charge in [-0.2, -0.15) is 18.2 Å². The van der Waals surface area contributed by atoms with E-state index in [-0.39, 0.29) is 11.8 Å². The highest BCUT2D eigenvalue weighted by Gasteiger charge is 2.33. The first-order valence-corrected chi connectivity index (χ1v) is 8.38. The molecule has 0 aliphatic rings. The standard InChI is InChI=1S/C18H24F3N5/c1-13-6-4-7-14(10-13)12-23-16-11-15(18(19,20)21)24-17(25-16)22-8-5-9-26(2)3/h4,6-7,10-11H,5,8-9,12H2,1-3H3,(H2,22,23,24,25). The van der Waals surface area contributed by atoms with Crippen molar-refractivity contribution in [3.63, 3.8) is 0 Å². The van der Waals surface area contributed by atoms with Crippen LogP contribution in [0.15, 0.2) is 30.3 Å². The van der Waals surface area contributed by atoms with E-state index in [1.807, 2.05) is 50.2 Å². The normalized spacial score (nSPS) is 11.7. The minimum atomic E-state index is -4.53. The molecular formula is C18H24F3N5. The Morgan fingerprint density at radius 3 is 2.50 bits per heavy atom. The molecule has 0 fully saturated rings. The molecule has 2 aromatic rings. The van der Waals surface area contributed by atoms with E-state index < -0.39 is 11.9 Å². The number of halogens is 3. The Bertz CT molecular complexity index is 716. The van der Waals surface area contributed by atoms with E-state index in [1.54, 1.807) is 0 Å².